The number of likely N-dealkylation sites (tertiary alicyclic amines) is 2. The topological polar surface area (TPSA) is 101 Å². The molecule has 3 aromatic rings. The number of amides is 1. The molecule has 2 aliphatic heterocycles. The molecule has 0 N–H and O–H groups in total. The number of nitrogens with zero attached hydrogens (tertiary/aromatic N) is 7. The molecule has 1 amide bonds. The number of nitriles is 1. The lowest BCUT2D eigenvalue weighted by Crippen LogP contribution is -2.62. The van der Waals surface area contributed by atoms with Crippen molar-refractivity contribution in [2.45, 2.75) is 58.2 Å². The molecule has 2 aliphatic rings. The van der Waals surface area contributed by atoms with E-state index < -0.39 is 5.60 Å². The van der Waals surface area contributed by atoms with E-state index in [2.05, 4.69) is 27.7 Å². The largest absolute Gasteiger partial charge is 0.494 e. The molecule has 10 nitrogen and oxygen atoms in total. The highest BCUT2D eigenvalue weighted by molar-refractivity contribution is 5.76. The van der Waals surface area contributed by atoms with E-state index in [-0.39, 0.29) is 6.09 Å². The Kier molecular flexibility index (Phi) is 6.12. The van der Waals surface area contributed by atoms with Crippen LogP contribution < -0.4 is 4.74 Å². The summed E-state index contributed by atoms with van der Waals surface area (Å²) in [6, 6.07) is 4.85. The molecule has 0 aromatic carbocycles. The van der Waals surface area contributed by atoms with E-state index in [1.165, 1.54) is 0 Å². The van der Waals surface area contributed by atoms with Crippen LogP contribution in [0, 0.1) is 18.3 Å². The molecule has 3 aromatic heterocycles. The zero-order valence-electron chi connectivity index (χ0n) is 21.6. The summed E-state index contributed by atoms with van der Waals surface area (Å²) in [5.74, 6) is 0.614. The van der Waals surface area contributed by atoms with Gasteiger partial charge in [0.25, 0.3) is 0 Å². The number of aromatic nitrogens is 4. The van der Waals surface area contributed by atoms with E-state index in [0.29, 0.717) is 28.9 Å². The molecule has 36 heavy (non-hydrogen) atoms. The molecule has 5 heterocycles. The molecule has 10 heteroatoms. The summed E-state index contributed by atoms with van der Waals surface area (Å²) < 4.78 is 14.9. The molecule has 2 fully saturated rings. The average Bonchev–Trinajstić information content (AvgIpc) is 3.40. The lowest BCUT2D eigenvalue weighted by atomic mass is 9.99. The standard InChI is InChI=1S/C26H33N7O3/c1-17-22(18-10-23(35-5)24-19(11-27)12-28-32(24)14-18)13-29-33(17)20-6-8-30(9-7-20)21-15-31(16-21)25(34)36-26(2,3)4/h10,12-14,20-21H,6-9,15-16H2,1-5H3. The Labute approximate surface area is 211 Å². The molecule has 190 valence electrons. The number of fused-ring (bicyclic) bond motifs is 1. The van der Waals surface area contributed by atoms with Gasteiger partial charge >= 0.3 is 6.09 Å². The molecule has 0 radical (unpaired) electrons. The minimum Gasteiger partial charge on any atom is -0.494 e. The van der Waals surface area contributed by atoms with Crippen molar-refractivity contribution in [1.29, 1.82) is 5.26 Å². The number of hydrogen-bond donors (Lipinski definition) is 0. The fraction of sp³-hybridized carbons (Fsp3) is 0.538. The van der Waals surface area contributed by atoms with Crippen molar-refractivity contribution in [2.75, 3.05) is 33.3 Å². The Bertz CT molecular complexity index is 1320. The van der Waals surface area contributed by atoms with Gasteiger partial charge < -0.3 is 14.4 Å². The lowest BCUT2D eigenvalue weighted by Gasteiger charge is -2.47. The minimum atomic E-state index is -0.462. The van der Waals surface area contributed by atoms with Crippen molar-refractivity contribution in [3.8, 4) is 22.9 Å². The second-order valence-electron chi connectivity index (χ2n) is 10.7. The van der Waals surface area contributed by atoms with Gasteiger partial charge in [0.2, 0.25) is 0 Å². The summed E-state index contributed by atoms with van der Waals surface area (Å²) >= 11 is 0. The summed E-state index contributed by atoms with van der Waals surface area (Å²) in [5.41, 5.74) is 3.77. The van der Waals surface area contributed by atoms with Crippen LogP contribution in [0.3, 0.4) is 0 Å². The normalized spacial score (nSPS) is 17.7. The fourth-order valence-corrected chi connectivity index (χ4v) is 5.20. The fourth-order valence-electron chi connectivity index (χ4n) is 5.20. The number of carbonyl (C=O) groups excluding carboxylic acids is 1. The third-order valence-corrected chi connectivity index (χ3v) is 7.15. The van der Waals surface area contributed by atoms with E-state index in [1.807, 2.05) is 39.2 Å². The first-order chi connectivity index (χ1) is 17.2. The maximum Gasteiger partial charge on any atom is 0.410 e. The van der Waals surface area contributed by atoms with Gasteiger partial charge in [0, 0.05) is 55.2 Å². The molecular formula is C26H33N7O3. The van der Waals surface area contributed by atoms with Crippen LogP contribution in [0.4, 0.5) is 4.79 Å². The van der Waals surface area contributed by atoms with Gasteiger partial charge in [-0.25, -0.2) is 9.31 Å². The van der Waals surface area contributed by atoms with Crippen molar-refractivity contribution in [3.63, 3.8) is 0 Å². The number of hydrogen-bond acceptors (Lipinski definition) is 7. The maximum absolute atomic E-state index is 12.2. The molecule has 0 spiro atoms. The van der Waals surface area contributed by atoms with Crippen LogP contribution in [-0.4, -0.2) is 80.2 Å². The number of pyridine rings is 1. The van der Waals surface area contributed by atoms with Crippen LogP contribution in [0.15, 0.2) is 24.7 Å². The SMILES string of the molecule is COc1cc(-c2cnn(C3CCN(C4CN(C(=O)OC(C)(C)C)C4)CC3)c2C)cn2ncc(C#N)c12. The van der Waals surface area contributed by atoms with Crippen molar-refractivity contribution in [3.05, 3.63) is 35.9 Å². The highest BCUT2D eigenvalue weighted by Crippen LogP contribution is 2.34. The number of piperidine rings is 1. The van der Waals surface area contributed by atoms with E-state index in [9.17, 15) is 10.1 Å². The predicted molar refractivity (Wildman–Crippen MR) is 134 cm³/mol. The minimum absolute atomic E-state index is 0.220. The Balaban J connectivity index is 1.24. The van der Waals surface area contributed by atoms with Crippen LogP contribution in [0.25, 0.3) is 16.6 Å². The van der Waals surface area contributed by atoms with Crippen LogP contribution in [0.1, 0.15) is 50.9 Å². The smallest absolute Gasteiger partial charge is 0.410 e. The van der Waals surface area contributed by atoms with Gasteiger partial charge in [0.15, 0.2) is 0 Å². The van der Waals surface area contributed by atoms with E-state index in [1.54, 1.807) is 22.7 Å². The third kappa shape index (κ3) is 4.39. The quantitative estimate of drug-likeness (QED) is 0.549. The average molecular weight is 492 g/mol. The van der Waals surface area contributed by atoms with Crippen molar-refractivity contribution < 1.29 is 14.3 Å². The lowest BCUT2D eigenvalue weighted by molar-refractivity contribution is -0.0215. The van der Waals surface area contributed by atoms with Crippen LogP contribution in [0.2, 0.25) is 0 Å². The summed E-state index contributed by atoms with van der Waals surface area (Å²) in [6.07, 6.45) is 7.18. The first-order valence-corrected chi connectivity index (χ1v) is 12.4. The number of ether oxygens (including phenoxy) is 2. The molecule has 2 saturated heterocycles. The van der Waals surface area contributed by atoms with E-state index in [0.717, 1.165) is 55.8 Å². The van der Waals surface area contributed by atoms with Crippen molar-refractivity contribution in [2.24, 2.45) is 0 Å². The van der Waals surface area contributed by atoms with Gasteiger partial charge in [-0.2, -0.15) is 15.5 Å². The number of methoxy groups -OCH3 is 1. The molecule has 0 saturated carbocycles. The van der Waals surface area contributed by atoms with Gasteiger partial charge in [-0.3, -0.25) is 9.58 Å². The zero-order chi connectivity index (χ0) is 25.6. The first-order valence-electron chi connectivity index (χ1n) is 12.4. The Morgan fingerprint density at radius 3 is 2.50 bits per heavy atom. The monoisotopic (exact) mass is 491 g/mol. The van der Waals surface area contributed by atoms with Crippen LogP contribution >= 0.6 is 0 Å². The summed E-state index contributed by atoms with van der Waals surface area (Å²) in [4.78, 5) is 16.5. The predicted octanol–water partition coefficient (Wildman–Crippen LogP) is 3.64. The summed E-state index contributed by atoms with van der Waals surface area (Å²) in [7, 11) is 1.60. The summed E-state index contributed by atoms with van der Waals surface area (Å²) in [5, 5.41) is 18.5. The maximum atomic E-state index is 12.2. The zero-order valence-corrected chi connectivity index (χ0v) is 21.6. The molecule has 0 bridgehead atoms. The van der Waals surface area contributed by atoms with E-state index >= 15 is 0 Å². The molecule has 0 aliphatic carbocycles. The van der Waals surface area contributed by atoms with E-state index in [4.69, 9.17) is 14.6 Å². The van der Waals surface area contributed by atoms with Gasteiger partial charge in [0.05, 0.1) is 25.5 Å². The van der Waals surface area contributed by atoms with Crippen LogP contribution in [-0.2, 0) is 4.74 Å². The van der Waals surface area contributed by atoms with Gasteiger partial charge in [0.1, 0.15) is 28.5 Å². The Morgan fingerprint density at radius 1 is 1.14 bits per heavy atom. The van der Waals surface area contributed by atoms with Crippen molar-refractivity contribution in [1.82, 2.24) is 29.2 Å². The van der Waals surface area contributed by atoms with Gasteiger partial charge in [-0.1, -0.05) is 0 Å². The van der Waals surface area contributed by atoms with Crippen molar-refractivity contribution >= 4 is 11.6 Å². The van der Waals surface area contributed by atoms with Crippen LogP contribution in [0.5, 0.6) is 5.75 Å². The molecule has 0 atom stereocenters. The molecular weight excluding hydrogens is 458 g/mol. The molecule has 0 unspecified atom stereocenters. The first kappa shape index (κ1) is 24.1. The van der Waals surface area contributed by atoms with Gasteiger partial charge in [-0.15, -0.1) is 0 Å². The highest BCUT2D eigenvalue weighted by atomic mass is 16.6. The second-order valence-corrected chi connectivity index (χ2v) is 10.7. The number of rotatable bonds is 4. The summed E-state index contributed by atoms with van der Waals surface area (Å²) in [6.45, 7) is 11.2. The van der Waals surface area contributed by atoms with Gasteiger partial charge in [-0.05, 0) is 46.6 Å². The molecule has 5 rings (SSSR count). The second kappa shape index (κ2) is 9.13. The Morgan fingerprint density at radius 2 is 1.86 bits per heavy atom. The third-order valence-electron chi connectivity index (χ3n) is 7.15. The highest BCUT2D eigenvalue weighted by Gasteiger charge is 2.38. The Hall–Kier alpha value is -3.58. The number of carbonyl (C=O) groups is 1.